The van der Waals surface area contributed by atoms with E-state index < -0.39 is 0 Å². The largest absolute Gasteiger partial charge is 0.128 e. The molecular formula is C14H13Cl3S. The number of rotatable bonds is 5. The molecule has 1 aromatic carbocycles. The number of hydrogen-bond acceptors (Lipinski definition) is 1. The molecule has 96 valence electrons. The topological polar surface area (TPSA) is 0 Å². The molecule has 0 nitrogen and oxygen atoms in total. The van der Waals surface area contributed by atoms with Gasteiger partial charge in [0.05, 0.1) is 4.34 Å². The van der Waals surface area contributed by atoms with E-state index in [4.69, 9.17) is 34.8 Å². The quantitative estimate of drug-likeness (QED) is 0.621. The first-order chi connectivity index (χ1) is 8.69. The van der Waals surface area contributed by atoms with Gasteiger partial charge in [-0.05, 0) is 42.5 Å². The van der Waals surface area contributed by atoms with Crippen LogP contribution in [0, 0.1) is 5.92 Å². The summed E-state index contributed by atoms with van der Waals surface area (Å²) in [6, 6.07) is 11.9. The van der Waals surface area contributed by atoms with Crippen molar-refractivity contribution in [3.05, 3.63) is 56.2 Å². The van der Waals surface area contributed by atoms with Crippen LogP contribution in [0.2, 0.25) is 9.36 Å². The Morgan fingerprint density at radius 2 is 1.78 bits per heavy atom. The average molecular weight is 320 g/mol. The summed E-state index contributed by atoms with van der Waals surface area (Å²) in [6.45, 7) is 0. The van der Waals surface area contributed by atoms with Crippen molar-refractivity contribution in [1.82, 2.24) is 0 Å². The maximum absolute atomic E-state index is 6.17. The van der Waals surface area contributed by atoms with Crippen LogP contribution in [0.15, 0.2) is 36.4 Å². The van der Waals surface area contributed by atoms with E-state index in [2.05, 4.69) is 12.1 Å². The highest BCUT2D eigenvalue weighted by Gasteiger charge is 2.12. The van der Waals surface area contributed by atoms with Gasteiger partial charge in [-0.2, -0.15) is 0 Å². The van der Waals surface area contributed by atoms with Gasteiger partial charge in [0, 0.05) is 15.8 Å². The van der Waals surface area contributed by atoms with Crippen LogP contribution in [0.3, 0.4) is 0 Å². The molecular weight excluding hydrogens is 307 g/mol. The molecule has 4 heteroatoms. The Balaban J connectivity index is 2.04. The fraction of sp³-hybridized carbons (Fsp3) is 0.286. The van der Waals surface area contributed by atoms with Gasteiger partial charge in [-0.15, -0.1) is 22.9 Å². The third-order valence-corrected chi connectivity index (χ3v) is 4.86. The first kappa shape index (κ1) is 14.2. The maximum atomic E-state index is 6.17. The highest BCUT2D eigenvalue weighted by atomic mass is 35.5. The summed E-state index contributed by atoms with van der Waals surface area (Å²) in [5, 5.41) is 0.817. The Hall–Kier alpha value is -0.210. The van der Waals surface area contributed by atoms with Gasteiger partial charge in [-0.25, -0.2) is 0 Å². The van der Waals surface area contributed by atoms with Crippen LogP contribution in [0.5, 0.6) is 0 Å². The summed E-state index contributed by atoms with van der Waals surface area (Å²) in [4.78, 5) is 1.28. The van der Waals surface area contributed by atoms with E-state index >= 15 is 0 Å². The van der Waals surface area contributed by atoms with Gasteiger partial charge in [-0.1, -0.05) is 41.4 Å². The molecule has 0 spiro atoms. The van der Waals surface area contributed by atoms with E-state index in [0.29, 0.717) is 11.8 Å². The second-order valence-corrected chi connectivity index (χ2v) is 6.74. The molecule has 0 saturated heterocycles. The van der Waals surface area contributed by atoms with Crippen molar-refractivity contribution < 1.29 is 0 Å². The van der Waals surface area contributed by atoms with E-state index in [0.717, 1.165) is 27.8 Å². The smallest absolute Gasteiger partial charge is 0.0931 e. The number of alkyl halides is 1. The van der Waals surface area contributed by atoms with Crippen molar-refractivity contribution in [2.45, 2.75) is 12.8 Å². The molecule has 1 aromatic heterocycles. The molecule has 1 atom stereocenters. The summed E-state index contributed by atoms with van der Waals surface area (Å²) in [5.74, 6) is 1.02. The lowest BCUT2D eigenvalue weighted by Crippen LogP contribution is -2.09. The summed E-state index contributed by atoms with van der Waals surface area (Å²) in [7, 11) is 0. The van der Waals surface area contributed by atoms with Crippen molar-refractivity contribution >= 4 is 46.1 Å². The molecule has 2 rings (SSSR count). The Labute approximate surface area is 126 Å². The standard InChI is InChI=1S/C14H13Cl3S/c15-9-10(8-12-5-6-14(17)18-12)7-11-3-1-2-4-13(11)16/h1-6,10H,7-9H2. The number of hydrogen-bond donors (Lipinski definition) is 0. The second-order valence-electron chi connectivity index (χ2n) is 4.23. The minimum Gasteiger partial charge on any atom is -0.128 e. The second kappa shape index (κ2) is 6.81. The Morgan fingerprint density at radius 1 is 1.00 bits per heavy atom. The number of thiophene rings is 1. The summed E-state index contributed by atoms with van der Waals surface area (Å²) >= 11 is 19.8. The molecule has 18 heavy (non-hydrogen) atoms. The molecule has 0 aliphatic rings. The van der Waals surface area contributed by atoms with Crippen molar-refractivity contribution in [2.24, 2.45) is 5.92 Å². The van der Waals surface area contributed by atoms with E-state index in [1.807, 2.05) is 24.3 Å². The summed E-state index contributed by atoms with van der Waals surface area (Å²) in [5.41, 5.74) is 1.16. The van der Waals surface area contributed by atoms with Crippen LogP contribution < -0.4 is 0 Å². The van der Waals surface area contributed by atoms with Crippen LogP contribution in [-0.4, -0.2) is 5.88 Å². The molecule has 0 saturated carbocycles. The van der Waals surface area contributed by atoms with E-state index in [1.165, 1.54) is 4.88 Å². The molecule has 1 unspecified atom stereocenters. The van der Waals surface area contributed by atoms with Crippen molar-refractivity contribution in [1.29, 1.82) is 0 Å². The molecule has 1 heterocycles. The lowest BCUT2D eigenvalue weighted by atomic mass is 9.97. The molecule has 0 amide bonds. The summed E-state index contributed by atoms with van der Waals surface area (Å²) < 4.78 is 0.830. The predicted molar refractivity (Wildman–Crippen MR) is 82.4 cm³/mol. The lowest BCUT2D eigenvalue weighted by Gasteiger charge is -2.13. The van der Waals surface area contributed by atoms with E-state index in [9.17, 15) is 0 Å². The fourth-order valence-electron chi connectivity index (χ4n) is 1.90. The van der Waals surface area contributed by atoms with Crippen LogP contribution in [0.4, 0.5) is 0 Å². The highest BCUT2D eigenvalue weighted by molar-refractivity contribution is 7.16. The van der Waals surface area contributed by atoms with E-state index in [-0.39, 0.29) is 0 Å². The SMILES string of the molecule is ClCC(Cc1ccc(Cl)s1)Cc1ccccc1Cl. The molecule has 0 aliphatic carbocycles. The van der Waals surface area contributed by atoms with Crippen LogP contribution >= 0.6 is 46.1 Å². The van der Waals surface area contributed by atoms with Gasteiger partial charge >= 0.3 is 0 Å². The van der Waals surface area contributed by atoms with Gasteiger partial charge < -0.3 is 0 Å². The van der Waals surface area contributed by atoms with Gasteiger partial charge in [0.25, 0.3) is 0 Å². The van der Waals surface area contributed by atoms with Gasteiger partial charge in [0.15, 0.2) is 0 Å². The van der Waals surface area contributed by atoms with Crippen molar-refractivity contribution in [2.75, 3.05) is 5.88 Å². The average Bonchev–Trinajstić information content (AvgIpc) is 2.76. The lowest BCUT2D eigenvalue weighted by molar-refractivity contribution is 0.589. The third kappa shape index (κ3) is 3.89. The molecule has 2 aromatic rings. The molecule has 0 fully saturated rings. The maximum Gasteiger partial charge on any atom is 0.0931 e. The zero-order valence-corrected chi connectivity index (χ0v) is 12.8. The molecule has 0 aliphatic heterocycles. The minimum atomic E-state index is 0.390. The Kier molecular flexibility index (Phi) is 5.38. The van der Waals surface area contributed by atoms with Crippen molar-refractivity contribution in [3.63, 3.8) is 0 Å². The Bertz CT molecular complexity index is 507. The first-order valence-corrected chi connectivity index (χ1v) is 7.83. The van der Waals surface area contributed by atoms with Crippen LogP contribution in [0.1, 0.15) is 10.4 Å². The normalized spacial score (nSPS) is 12.6. The monoisotopic (exact) mass is 318 g/mol. The van der Waals surface area contributed by atoms with E-state index in [1.54, 1.807) is 11.3 Å². The van der Waals surface area contributed by atoms with Crippen LogP contribution in [-0.2, 0) is 12.8 Å². The van der Waals surface area contributed by atoms with Gasteiger partial charge in [-0.3, -0.25) is 0 Å². The third-order valence-electron chi connectivity index (χ3n) is 2.80. The Morgan fingerprint density at radius 3 is 2.39 bits per heavy atom. The number of benzene rings is 1. The first-order valence-electron chi connectivity index (χ1n) is 5.72. The van der Waals surface area contributed by atoms with Gasteiger partial charge in [0.2, 0.25) is 0 Å². The van der Waals surface area contributed by atoms with Crippen LogP contribution in [0.25, 0.3) is 0 Å². The van der Waals surface area contributed by atoms with Crippen molar-refractivity contribution in [3.8, 4) is 0 Å². The molecule has 0 bridgehead atoms. The number of halogens is 3. The predicted octanol–water partition coefficient (Wildman–Crippen LogP) is 5.70. The van der Waals surface area contributed by atoms with Gasteiger partial charge in [0.1, 0.15) is 0 Å². The minimum absolute atomic E-state index is 0.390. The molecule has 0 N–H and O–H groups in total. The zero-order valence-electron chi connectivity index (χ0n) is 9.70. The summed E-state index contributed by atoms with van der Waals surface area (Å²) in [6.07, 6.45) is 1.85. The molecule has 0 radical (unpaired) electrons. The highest BCUT2D eigenvalue weighted by Crippen LogP contribution is 2.27. The fourth-order valence-corrected chi connectivity index (χ4v) is 3.54. The zero-order chi connectivity index (χ0) is 13.0.